The second kappa shape index (κ2) is 14.7. The zero-order chi connectivity index (χ0) is 33.6. The van der Waals surface area contributed by atoms with Gasteiger partial charge in [0.1, 0.15) is 11.6 Å². The largest absolute Gasteiger partial charge is 0.497 e. The number of ether oxygens (including phenoxy) is 3. The number of carbonyl (C=O) groups excluding carboxylic acids is 2. The predicted molar refractivity (Wildman–Crippen MR) is 181 cm³/mol. The Bertz CT molecular complexity index is 1930. The summed E-state index contributed by atoms with van der Waals surface area (Å²) in [4.78, 5) is 27.9. The van der Waals surface area contributed by atoms with E-state index in [0.717, 1.165) is 21.9 Å². The average molecular weight is 687 g/mol. The maximum atomic E-state index is 13.9. The molecule has 0 aliphatic carbocycles. The van der Waals surface area contributed by atoms with E-state index in [9.17, 15) is 14.0 Å². The van der Waals surface area contributed by atoms with Crippen molar-refractivity contribution in [3.05, 3.63) is 112 Å². The molecule has 0 bridgehead atoms. The number of amides is 2. The number of hydrogen-bond donors (Lipinski definition) is 1. The fourth-order valence-electron chi connectivity index (χ4n) is 5.21. The number of carbonyl (C=O) groups is 2. The number of hydrazone groups is 1. The molecular formula is C34H31FN6O5S2. The van der Waals surface area contributed by atoms with Crippen molar-refractivity contribution in [3.63, 3.8) is 0 Å². The summed E-state index contributed by atoms with van der Waals surface area (Å²) in [5.74, 6) is 1.04. The van der Waals surface area contributed by atoms with Crippen molar-refractivity contribution in [2.75, 3.05) is 27.1 Å². The lowest BCUT2D eigenvalue weighted by molar-refractivity contribution is -0.130. The number of thiophene rings is 1. The third-order valence-electron chi connectivity index (χ3n) is 7.63. The molecule has 2 aromatic heterocycles. The standard InChI is InChI=1S/C34H31FN6O5S2/c1-44-25-13-6-21(7-14-25)27-18-26(30-5-4-16-47-30)39-41(27)32(42)20-48-34-38-37-31(40(34)24-11-9-23(35)10-12-24)19-36-33(43)22-8-15-28(45-2)29(17-22)46-3/h4-17,27H,18-20H2,1-3H3,(H,36,43)/t27-/m0/s1. The molecule has 0 saturated heterocycles. The molecule has 0 fully saturated rings. The molecule has 2 amide bonds. The van der Waals surface area contributed by atoms with E-state index in [1.807, 2.05) is 41.8 Å². The van der Waals surface area contributed by atoms with Crippen LogP contribution >= 0.6 is 23.1 Å². The third kappa shape index (κ3) is 7.04. The van der Waals surface area contributed by atoms with E-state index in [-0.39, 0.29) is 30.2 Å². The van der Waals surface area contributed by atoms with Gasteiger partial charge in [-0.1, -0.05) is 30.0 Å². The number of nitrogens with one attached hydrogen (secondary N) is 1. The molecule has 48 heavy (non-hydrogen) atoms. The number of halogens is 1. The molecule has 1 atom stereocenters. The number of thioether (sulfide) groups is 1. The second-order valence-corrected chi connectivity index (χ2v) is 12.4. The van der Waals surface area contributed by atoms with Crippen molar-refractivity contribution in [2.45, 2.75) is 24.2 Å². The highest BCUT2D eigenvalue weighted by Gasteiger charge is 2.34. The second-order valence-electron chi connectivity index (χ2n) is 10.5. The lowest BCUT2D eigenvalue weighted by atomic mass is 10.0. The van der Waals surface area contributed by atoms with Crippen LogP contribution in [-0.4, -0.2) is 64.4 Å². The van der Waals surface area contributed by atoms with Crippen molar-refractivity contribution >= 4 is 40.6 Å². The van der Waals surface area contributed by atoms with E-state index < -0.39 is 5.82 Å². The Balaban J connectivity index is 1.22. The molecule has 1 aliphatic rings. The quantitative estimate of drug-likeness (QED) is 0.161. The number of methoxy groups -OCH3 is 3. The highest BCUT2D eigenvalue weighted by Crippen LogP contribution is 2.35. The first kappa shape index (κ1) is 32.7. The van der Waals surface area contributed by atoms with Crippen LogP contribution in [0.25, 0.3) is 5.69 Å². The summed E-state index contributed by atoms with van der Waals surface area (Å²) in [5.41, 5.74) is 2.71. The number of benzene rings is 3. The Labute approximate surface area is 284 Å². The van der Waals surface area contributed by atoms with E-state index >= 15 is 0 Å². The van der Waals surface area contributed by atoms with Crippen LogP contribution in [0, 0.1) is 5.82 Å². The van der Waals surface area contributed by atoms with Gasteiger partial charge in [-0.3, -0.25) is 14.2 Å². The molecule has 3 heterocycles. The summed E-state index contributed by atoms with van der Waals surface area (Å²) in [6.07, 6.45) is 0.568. The van der Waals surface area contributed by atoms with Crippen LogP contribution < -0.4 is 19.5 Å². The van der Waals surface area contributed by atoms with Crippen molar-refractivity contribution in [1.29, 1.82) is 0 Å². The van der Waals surface area contributed by atoms with E-state index in [4.69, 9.17) is 19.3 Å². The summed E-state index contributed by atoms with van der Waals surface area (Å²) in [6.45, 7) is 0.00615. The number of hydrogen-bond acceptors (Lipinski definition) is 10. The molecule has 0 spiro atoms. The van der Waals surface area contributed by atoms with E-state index in [2.05, 4.69) is 15.5 Å². The van der Waals surface area contributed by atoms with Gasteiger partial charge in [0.05, 0.1) is 50.3 Å². The Hall–Kier alpha value is -5.21. The molecule has 3 aromatic carbocycles. The zero-order valence-corrected chi connectivity index (χ0v) is 27.9. The molecule has 6 rings (SSSR count). The fraction of sp³-hybridized carbons (Fsp3) is 0.206. The van der Waals surface area contributed by atoms with Crippen LogP contribution in [0.5, 0.6) is 17.2 Å². The van der Waals surface area contributed by atoms with Gasteiger partial charge in [-0.15, -0.1) is 21.5 Å². The van der Waals surface area contributed by atoms with E-state index in [0.29, 0.717) is 40.2 Å². The van der Waals surface area contributed by atoms with Crippen LogP contribution in [0.4, 0.5) is 4.39 Å². The predicted octanol–water partition coefficient (Wildman–Crippen LogP) is 5.89. The molecule has 1 aliphatic heterocycles. The van der Waals surface area contributed by atoms with Gasteiger partial charge in [0.15, 0.2) is 22.5 Å². The monoisotopic (exact) mass is 686 g/mol. The Morgan fingerprint density at radius 3 is 2.42 bits per heavy atom. The Morgan fingerprint density at radius 2 is 1.73 bits per heavy atom. The van der Waals surface area contributed by atoms with Gasteiger partial charge in [0, 0.05) is 17.7 Å². The molecule has 14 heteroatoms. The van der Waals surface area contributed by atoms with Crippen LogP contribution in [0.1, 0.15) is 39.1 Å². The summed E-state index contributed by atoms with van der Waals surface area (Å²) in [7, 11) is 4.62. The fourth-order valence-corrected chi connectivity index (χ4v) is 6.75. The zero-order valence-electron chi connectivity index (χ0n) is 26.3. The lowest BCUT2D eigenvalue weighted by Gasteiger charge is -2.22. The highest BCUT2D eigenvalue weighted by molar-refractivity contribution is 7.99. The van der Waals surface area contributed by atoms with E-state index in [1.54, 1.807) is 53.3 Å². The molecule has 1 N–H and O–H groups in total. The molecule has 5 aromatic rings. The minimum Gasteiger partial charge on any atom is -0.497 e. The number of nitrogens with zero attached hydrogens (tertiary/aromatic N) is 5. The minimum atomic E-state index is -0.405. The van der Waals surface area contributed by atoms with Gasteiger partial charge in [-0.2, -0.15) is 5.10 Å². The summed E-state index contributed by atoms with van der Waals surface area (Å²) < 4.78 is 31.5. The van der Waals surface area contributed by atoms with Gasteiger partial charge >= 0.3 is 0 Å². The van der Waals surface area contributed by atoms with E-state index in [1.165, 1.54) is 43.1 Å². The first-order valence-corrected chi connectivity index (χ1v) is 16.7. The molecule has 246 valence electrons. The minimum absolute atomic E-state index is 0.00516. The molecular weight excluding hydrogens is 656 g/mol. The van der Waals surface area contributed by atoms with Gasteiger partial charge < -0.3 is 19.5 Å². The third-order valence-corrected chi connectivity index (χ3v) is 9.47. The Morgan fingerprint density at radius 1 is 0.958 bits per heavy atom. The topological polar surface area (TPSA) is 120 Å². The van der Waals surface area contributed by atoms with Crippen LogP contribution in [0.15, 0.2) is 94.5 Å². The maximum absolute atomic E-state index is 13.9. The van der Waals surface area contributed by atoms with Crippen LogP contribution in [-0.2, 0) is 11.3 Å². The average Bonchev–Trinajstić information content (AvgIpc) is 3.90. The van der Waals surface area contributed by atoms with Crippen LogP contribution in [0.2, 0.25) is 0 Å². The van der Waals surface area contributed by atoms with Gasteiger partial charge in [0.25, 0.3) is 11.8 Å². The molecule has 0 saturated carbocycles. The van der Waals surface area contributed by atoms with Gasteiger partial charge in [0.2, 0.25) is 0 Å². The maximum Gasteiger partial charge on any atom is 0.253 e. The van der Waals surface area contributed by atoms with Crippen molar-refractivity contribution in [2.24, 2.45) is 5.10 Å². The summed E-state index contributed by atoms with van der Waals surface area (Å²) in [6, 6.07) is 21.9. The first-order chi connectivity index (χ1) is 23.4. The molecule has 11 nitrogen and oxygen atoms in total. The Kier molecular flexibility index (Phi) is 10.0. The highest BCUT2D eigenvalue weighted by atomic mass is 32.2. The van der Waals surface area contributed by atoms with Crippen molar-refractivity contribution in [1.82, 2.24) is 25.1 Å². The van der Waals surface area contributed by atoms with Crippen molar-refractivity contribution in [3.8, 4) is 22.9 Å². The van der Waals surface area contributed by atoms with Crippen LogP contribution in [0.3, 0.4) is 0 Å². The number of aromatic nitrogens is 3. The molecule has 0 radical (unpaired) electrons. The summed E-state index contributed by atoms with van der Waals surface area (Å²) in [5, 5.41) is 20.2. The molecule has 0 unspecified atom stereocenters. The number of rotatable bonds is 12. The smallest absolute Gasteiger partial charge is 0.253 e. The SMILES string of the molecule is COc1ccc([C@@H]2CC(c3cccs3)=NN2C(=O)CSc2nnc(CNC(=O)c3ccc(OC)c(OC)c3)n2-c2ccc(F)cc2)cc1. The first-order valence-electron chi connectivity index (χ1n) is 14.8. The normalized spacial score (nSPS) is 14.0. The summed E-state index contributed by atoms with van der Waals surface area (Å²) >= 11 is 2.75. The lowest BCUT2D eigenvalue weighted by Crippen LogP contribution is -2.28. The van der Waals surface area contributed by atoms with Gasteiger partial charge in [-0.25, -0.2) is 9.40 Å². The van der Waals surface area contributed by atoms with Crippen molar-refractivity contribution < 1.29 is 28.2 Å². The van der Waals surface area contributed by atoms with Gasteiger partial charge in [-0.05, 0) is 71.6 Å².